The van der Waals surface area contributed by atoms with Crippen LogP contribution in [-0.4, -0.2) is 42.7 Å². The molecule has 6 heterocycles. The van der Waals surface area contributed by atoms with Crippen LogP contribution in [-0.2, 0) is 11.8 Å². The van der Waals surface area contributed by atoms with E-state index in [-0.39, 0.29) is 6.04 Å². The lowest BCUT2D eigenvalue weighted by Gasteiger charge is -2.37. The van der Waals surface area contributed by atoms with Gasteiger partial charge in [0.2, 0.25) is 5.95 Å². The molecule has 34 heavy (non-hydrogen) atoms. The Kier molecular flexibility index (Phi) is 4.17. The maximum absolute atomic E-state index is 15.4. The molecule has 1 saturated heterocycles. The summed E-state index contributed by atoms with van der Waals surface area (Å²) in [7, 11) is 1.89. The average Bonchev–Trinajstić information content (AvgIpc) is 3.38. The van der Waals surface area contributed by atoms with Gasteiger partial charge < -0.3 is 9.30 Å². The quantitative estimate of drug-likeness (QED) is 0.358. The van der Waals surface area contributed by atoms with Crippen LogP contribution in [0.2, 0.25) is 0 Å². The first-order valence-corrected chi connectivity index (χ1v) is 11.7. The van der Waals surface area contributed by atoms with E-state index in [4.69, 9.17) is 9.72 Å². The summed E-state index contributed by atoms with van der Waals surface area (Å²) >= 11 is 0. The molecule has 1 atom stereocenters. The van der Waals surface area contributed by atoms with Crippen molar-refractivity contribution in [2.75, 3.05) is 13.2 Å². The minimum atomic E-state index is -0.460. The summed E-state index contributed by atoms with van der Waals surface area (Å²) in [6.07, 6.45) is 5.27. The zero-order chi connectivity index (χ0) is 23.0. The molecule has 0 unspecified atom stereocenters. The Balaban J connectivity index is 1.68. The van der Waals surface area contributed by atoms with Crippen LogP contribution in [0, 0.1) is 18.8 Å². The minimum absolute atomic E-state index is 0.0193. The van der Waals surface area contributed by atoms with E-state index >= 15 is 4.39 Å². The number of nitrogens with zero attached hydrogens (tertiary/aromatic N) is 6. The van der Waals surface area contributed by atoms with Crippen molar-refractivity contribution in [3.8, 4) is 22.4 Å². The first-order chi connectivity index (χ1) is 16.6. The highest BCUT2D eigenvalue weighted by atomic mass is 19.1. The van der Waals surface area contributed by atoms with E-state index in [0.717, 1.165) is 70.6 Å². The van der Waals surface area contributed by atoms with Gasteiger partial charge in [0.05, 0.1) is 28.5 Å². The van der Waals surface area contributed by atoms with E-state index < -0.39 is 5.95 Å². The number of halogens is 1. The van der Waals surface area contributed by atoms with Gasteiger partial charge in [-0.3, -0.25) is 4.98 Å². The van der Waals surface area contributed by atoms with Crippen molar-refractivity contribution in [3.05, 3.63) is 59.9 Å². The molecular formula is C26H23FN6O. The number of ether oxygens (including phenoxy) is 1. The average molecular weight is 455 g/mol. The molecule has 8 heteroatoms. The SMILES string of the molecule is Cc1nnn(C)c1-c1cnc2c3ccnc(F)c3n3c2c1-c1ccccc1[C@@H]3C1CCOCC1. The van der Waals surface area contributed by atoms with Gasteiger partial charge in [-0.2, -0.15) is 4.39 Å². The number of fused-ring (bicyclic) bond motifs is 5. The molecule has 1 aromatic carbocycles. The van der Waals surface area contributed by atoms with Gasteiger partial charge in [0.15, 0.2) is 0 Å². The first-order valence-electron chi connectivity index (χ1n) is 11.7. The second kappa shape index (κ2) is 7.17. The molecule has 0 spiro atoms. The summed E-state index contributed by atoms with van der Waals surface area (Å²) in [5, 5.41) is 9.31. The fourth-order valence-corrected chi connectivity index (χ4v) is 6.07. The van der Waals surface area contributed by atoms with E-state index in [2.05, 4.69) is 44.1 Å². The van der Waals surface area contributed by atoms with Crippen molar-refractivity contribution in [2.24, 2.45) is 13.0 Å². The minimum Gasteiger partial charge on any atom is -0.381 e. The molecule has 0 saturated carbocycles. The second-order valence-electron chi connectivity index (χ2n) is 9.24. The van der Waals surface area contributed by atoms with E-state index in [1.165, 1.54) is 11.8 Å². The number of hydrogen-bond donors (Lipinski definition) is 0. The van der Waals surface area contributed by atoms with Crippen molar-refractivity contribution in [1.82, 2.24) is 29.5 Å². The second-order valence-corrected chi connectivity index (χ2v) is 9.24. The smallest absolute Gasteiger partial charge is 0.237 e. The number of pyridine rings is 2. The highest BCUT2D eigenvalue weighted by Gasteiger charge is 2.38. The molecule has 0 radical (unpaired) electrons. The highest BCUT2D eigenvalue weighted by Crippen LogP contribution is 2.52. The van der Waals surface area contributed by atoms with Crippen LogP contribution >= 0.6 is 0 Å². The lowest BCUT2D eigenvalue weighted by Crippen LogP contribution is -2.29. The Labute approximate surface area is 195 Å². The maximum Gasteiger partial charge on any atom is 0.237 e. The normalized spacial score (nSPS) is 18.0. The Bertz CT molecular complexity index is 1580. The van der Waals surface area contributed by atoms with Gasteiger partial charge in [-0.25, -0.2) is 9.67 Å². The Morgan fingerprint density at radius 2 is 1.85 bits per heavy atom. The van der Waals surface area contributed by atoms with Crippen molar-refractivity contribution in [2.45, 2.75) is 25.8 Å². The third-order valence-corrected chi connectivity index (χ3v) is 7.46. The summed E-state index contributed by atoms with van der Waals surface area (Å²) in [5.41, 5.74) is 8.38. The standard InChI is InChI=1S/C26H23FN6O/c1-14-22(32(2)31-30-14)19-13-29-21-18-7-10-28-26(27)24(18)33-23(15-8-11-34-12-9-15)17-6-4-3-5-16(17)20(19)25(21)33/h3-7,10,13,15,23H,8-9,11-12H2,1-2H3/t23-/m0/s1. The van der Waals surface area contributed by atoms with Crippen LogP contribution in [0.5, 0.6) is 0 Å². The number of benzene rings is 1. The predicted molar refractivity (Wildman–Crippen MR) is 127 cm³/mol. The molecule has 170 valence electrons. The Hall–Kier alpha value is -3.65. The van der Waals surface area contributed by atoms with Crippen LogP contribution in [0.4, 0.5) is 4.39 Å². The third kappa shape index (κ3) is 2.54. The number of aromatic nitrogens is 6. The summed E-state index contributed by atoms with van der Waals surface area (Å²) in [4.78, 5) is 8.93. The van der Waals surface area contributed by atoms with Gasteiger partial charge >= 0.3 is 0 Å². The topological polar surface area (TPSA) is 70.7 Å². The number of hydrogen-bond acceptors (Lipinski definition) is 5. The van der Waals surface area contributed by atoms with Crippen LogP contribution in [0.3, 0.4) is 0 Å². The van der Waals surface area contributed by atoms with Gasteiger partial charge in [0.25, 0.3) is 0 Å². The molecule has 2 aliphatic rings. The molecule has 7 rings (SSSR count). The van der Waals surface area contributed by atoms with Crippen LogP contribution in [0.15, 0.2) is 42.7 Å². The van der Waals surface area contributed by atoms with Gasteiger partial charge in [0.1, 0.15) is 5.52 Å². The van der Waals surface area contributed by atoms with Gasteiger partial charge in [-0.05, 0) is 42.9 Å². The fourth-order valence-electron chi connectivity index (χ4n) is 6.07. The van der Waals surface area contributed by atoms with Crippen molar-refractivity contribution < 1.29 is 9.13 Å². The third-order valence-electron chi connectivity index (χ3n) is 7.46. The zero-order valence-corrected chi connectivity index (χ0v) is 19.0. The van der Waals surface area contributed by atoms with Crippen LogP contribution < -0.4 is 0 Å². The number of aryl methyl sites for hydroxylation is 2. The van der Waals surface area contributed by atoms with Crippen LogP contribution in [0.1, 0.15) is 30.1 Å². The van der Waals surface area contributed by atoms with Crippen molar-refractivity contribution in [3.63, 3.8) is 0 Å². The Morgan fingerprint density at radius 1 is 1.03 bits per heavy atom. The molecule has 0 bridgehead atoms. The predicted octanol–water partition coefficient (Wildman–Crippen LogP) is 4.82. The summed E-state index contributed by atoms with van der Waals surface area (Å²) in [6.45, 7) is 3.40. The number of rotatable bonds is 2. The molecule has 0 aliphatic carbocycles. The first kappa shape index (κ1) is 19.8. The largest absolute Gasteiger partial charge is 0.381 e. The molecule has 7 nitrogen and oxygen atoms in total. The molecule has 0 amide bonds. The lowest BCUT2D eigenvalue weighted by molar-refractivity contribution is 0.0551. The van der Waals surface area contributed by atoms with Gasteiger partial charge in [0, 0.05) is 49.2 Å². The van der Waals surface area contributed by atoms with Gasteiger partial charge in [-0.1, -0.05) is 29.5 Å². The van der Waals surface area contributed by atoms with Crippen LogP contribution in [0.25, 0.3) is 44.3 Å². The monoisotopic (exact) mass is 454 g/mol. The molecule has 1 fully saturated rings. The zero-order valence-electron chi connectivity index (χ0n) is 19.0. The van der Waals surface area contributed by atoms with Crippen molar-refractivity contribution >= 4 is 21.9 Å². The maximum atomic E-state index is 15.4. The summed E-state index contributed by atoms with van der Waals surface area (Å²) in [6, 6.07) is 10.4. The van der Waals surface area contributed by atoms with E-state index in [1.54, 1.807) is 4.68 Å². The molecule has 5 aromatic rings. The molecular weight excluding hydrogens is 431 g/mol. The highest BCUT2D eigenvalue weighted by molar-refractivity contribution is 6.14. The summed E-state index contributed by atoms with van der Waals surface area (Å²) < 4.78 is 25.1. The van der Waals surface area contributed by atoms with E-state index in [9.17, 15) is 0 Å². The van der Waals surface area contributed by atoms with E-state index in [0.29, 0.717) is 11.4 Å². The van der Waals surface area contributed by atoms with E-state index in [1.807, 2.05) is 26.2 Å². The lowest BCUT2D eigenvalue weighted by atomic mass is 9.80. The van der Waals surface area contributed by atoms with Gasteiger partial charge in [-0.15, -0.1) is 5.10 Å². The molecule has 4 aromatic heterocycles. The molecule has 0 N–H and O–H groups in total. The van der Waals surface area contributed by atoms with Crippen molar-refractivity contribution in [1.29, 1.82) is 0 Å². The summed E-state index contributed by atoms with van der Waals surface area (Å²) in [5.74, 6) is -0.136. The molecule has 2 aliphatic heterocycles. The Morgan fingerprint density at radius 3 is 2.65 bits per heavy atom. The fraction of sp³-hybridized carbons (Fsp3) is 0.308.